The highest BCUT2D eigenvalue weighted by molar-refractivity contribution is 5.69. The first-order valence-electron chi connectivity index (χ1n) is 4.62. The molecule has 0 bridgehead atoms. The summed E-state index contributed by atoms with van der Waals surface area (Å²) in [4.78, 5) is 12.4. The van der Waals surface area contributed by atoms with E-state index in [1.165, 1.54) is 0 Å². The van der Waals surface area contributed by atoms with Crippen LogP contribution in [-0.2, 0) is 9.53 Å². The third kappa shape index (κ3) is 4.39. The smallest absolute Gasteiger partial charge is 0.317 e. The molecular weight excluding hydrogens is 182 g/mol. The molecule has 1 N–H and O–H groups in total. The van der Waals surface area contributed by atoms with E-state index in [-0.39, 0.29) is 18.7 Å². The summed E-state index contributed by atoms with van der Waals surface area (Å²) in [5.74, 6) is -0.831. The average Bonchev–Trinajstić information content (AvgIpc) is 2.14. The molecule has 0 heterocycles. The Labute approximate surface area is 85.2 Å². The van der Waals surface area contributed by atoms with Gasteiger partial charge in [-0.2, -0.15) is 0 Å². The molecule has 0 aliphatic carbocycles. The largest absolute Gasteiger partial charge is 0.480 e. The van der Waals surface area contributed by atoms with Crippen molar-refractivity contribution in [2.45, 2.75) is 26.0 Å². The molecule has 4 heteroatoms. The van der Waals surface area contributed by atoms with Crippen LogP contribution in [-0.4, -0.2) is 48.3 Å². The van der Waals surface area contributed by atoms with Gasteiger partial charge in [0.15, 0.2) is 0 Å². The second-order valence-corrected chi connectivity index (χ2v) is 3.29. The number of hydrogen-bond donors (Lipinski definition) is 1. The molecule has 0 saturated heterocycles. The lowest BCUT2D eigenvalue weighted by molar-refractivity contribution is -0.139. The molecule has 2 atom stereocenters. The van der Waals surface area contributed by atoms with Crippen LogP contribution in [0, 0.1) is 0 Å². The molecule has 0 fully saturated rings. The van der Waals surface area contributed by atoms with E-state index in [0.29, 0.717) is 6.54 Å². The molecule has 14 heavy (non-hydrogen) atoms. The van der Waals surface area contributed by atoms with Gasteiger partial charge in [0, 0.05) is 19.7 Å². The van der Waals surface area contributed by atoms with Crippen LogP contribution in [0.5, 0.6) is 0 Å². The average molecular weight is 201 g/mol. The van der Waals surface area contributed by atoms with Crippen molar-refractivity contribution < 1.29 is 14.6 Å². The Morgan fingerprint density at radius 3 is 2.57 bits per heavy atom. The fraction of sp³-hybridized carbons (Fsp3) is 0.700. The Kier molecular flexibility index (Phi) is 6.16. The van der Waals surface area contributed by atoms with Gasteiger partial charge in [0.25, 0.3) is 0 Å². The summed E-state index contributed by atoms with van der Waals surface area (Å²) in [6.07, 6.45) is 1.70. The lowest BCUT2D eigenvalue weighted by Crippen LogP contribution is -2.43. The number of ether oxygens (including phenoxy) is 1. The number of rotatable bonds is 7. The number of carboxylic acids is 1. The highest BCUT2D eigenvalue weighted by atomic mass is 16.5. The second kappa shape index (κ2) is 6.56. The van der Waals surface area contributed by atoms with Gasteiger partial charge in [-0.05, 0) is 13.8 Å². The number of carboxylic acid groups (broad SMARTS) is 1. The van der Waals surface area contributed by atoms with Gasteiger partial charge in [-0.15, -0.1) is 6.58 Å². The Hall–Kier alpha value is -0.870. The quantitative estimate of drug-likeness (QED) is 0.624. The Balaban J connectivity index is 4.30. The molecule has 0 aliphatic heterocycles. The molecule has 0 amide bonds. The van der Waals surface area contributed by atoms with Crippen LogP contribution >= 0.6 is 0 Å². The van der Waals surface area contributed by atoms with Crippen molar-refractivity contribution in [2.75, 3.05) is 20.2 Å². The topological polar surface area (TPSA) is 49.8 Å². The van der Waals surface area contributed by atoms with E-state index >= 15 is 0 Å². The van der Waals surface area contributed by atoms with Crippen molar-refractivity contribution in [3.05, 3.63) is 12.7 Å². The Morgan fingerprint density at radius 2 is 2.21 bits per heavy atom. The lowest BCUT2D eigenvalue weighted by Gasteiger charge is -2.30. The maximum Gasteiger partial charge on any atom is 0.317 e. The van der Waals surface area contributed by atoms with Gasteiger partial charge in [0.1, 0.15) is 0 Å². The van der Waals surface area contributed by atoms with Crippen LogP contribution in [0.15, 0.2) is 12.7 Å². The molecule has 2 unspecified atom stereocenters. The molecule has 4 nitrogen and oxygen atoms in total. The van der Waals surface area contributed by atoms with Gasteiger partial charge >= 0.3 is 5.97 Å². The minimum atomic E-state index is -0.831. The van der Waals surface area contributed by atoms with Gasteiger partial charge in [0.2, 0.25) is 0 Å². The molecule has 0 aromatic rings. The summed E-state index contributed by atoms with van der Waals surface area (Å²) in [6.45, 7) is 8.04. The van der Waals surface area contributed by atoms with E-state index in [2.05, 4.69) is 6.58 Å². The highest BCUT2D eigenvalue weighted by Crippen LogP contribution is 2.06. The van der Waals surface area contributed by atoms with E-state index in [1.54, 1.807) is 13.2 Å². The minimum Gasteiger partial charge on any atom is -0.480 e. The van der Waals surface area contributed by atoms with Gasteiger partial charge < -0.3 is 9.84 Å². The first kappa shape index (κ1) is 13.1. The van der Waals surface area contributed by atoms with Crippen LogP contribution in [0.1, 0.15) is 13.8 Å². The molecule has 0 aromatic carbocycles. The van der Waals surface area contributed by atoms with Crippen LogP contribution in [0.4, 0.5) is 0 Å². The molecule has 82 valence electrons. The molecule has 0 radical (unpaired) electrons. The van der Waals surface area contributed by atoms with E-state index in [0.717, 1.165) is 0 Å². The molecule has 0 spiro atoms. The van der Waals surface area contributed by atoms with Crippen LogP contribution in [0.2, 0.25) is 0 Å². The Morgan fingerprint density at radius 1 is 1.64 bits per heavy atom. The standard InChI is InChI=1S/C10H19NO3/c1-5-6-11(7-10(12)13)8(2)9(3)14-4/h5,8-9H,1,6-7H2,2-4H3,(H,12,13). The van der Waals surface area contributed by atoms with E-state index in [4.69, 9.17) is 9.84 Å². The Bertz CT molecular complexity index is 194. The van der Waals surface area contributed by atoms with Gasteiger partial charge in [-0.25, -0.2) is 0 Å². The zero-order valence-electron chi connectivity index (χ0n) is 9.06. The third-order valence-corrected chi connectivity index (χ3v) is 2.33. The fourth-order valence-corrected chi connectivity index (χ4v) is 1.21. The molecule has 0 saturated carbocycles. The van der Waals surface area contributed by atoms with Crippen LogP contribution in [0.25, 0.3) is 0 Å². The number of carbonyl (C=O) groups is 1. The third-order valence-electron chi connectivity index (χ3n) is 2.33. The SMILES string of the molecule is C=CCN(CC(=O)O)C(C)C(C)OC. The molecular formula is C10H19NO3. The zero-order valence-corrected chi connectivity index (χ0v) is 9.06. The lowest BCUT2D eigenvalue weighted by atomic mass is 10.1. The molecule has 0 rings (SSSR count). The zero-order chi connectivity index (χ0) is 11.1. The minimum absolute atomic E-state index is 0.00861. The fourth-order valence-electron chi connectivity index (χ4n) is 1.21. The predicted molar refractivity (Wildman–Crippen MR) is 55.3 cm³/mol. The second-order valence-electron chi connectivity index (χ2n) is 3.29. The van der Waals surface area contributed by atoms with Crippen molar-refractivity contribution in [2.24, 2.45) is 0 Å². The maximum atomic E-state index is 10.6. The molecule has 0 aliphatic rings. The molecule has 0 aromatic heterocycles. The number of aliphatic carboxylic acids is 1. The highest BCUT2D eigenvalue weighted by Gasteiger charge is 2.20. The van der Waals surface area contributed by atoms with Gasteiger partial charge in [-0.3, -0.25) is 9.69 Å². The van der Waals surface area contributed by atoms with Crippen LogP contribution in [0.3, 0.4) is 0 Å². The van der Waals surface area contributed by atoms with Crippen molar-refractivity contribution >= 4 is 5.97 Å². The summed E-state index contributed by atoms with van der Waals surface area (Å²) < 4.78 is 5.15. The van der Waals surface area contributed by atoms with Crippen molar-refractivity contribution in [1.82, 2.24) is 4.90 Å². The first-order chi connectivity index (χ1) is 6.52. The number of nitrogens with zero attached hydrogens (tertiary/aromatic N) is 1. The number of hydrogen-bond acceptors (Lipinski definition) is 3. The summed E-state index contributed by atoms with van der Waals surface area (Å²) in [6, 6.07) is 0.0640. The van der Waals surface area contributed by atoms with Crippen molar-refractivity contribution in [1.29, 1.82) is 0 Å². The van der Waals surface area contributed by atoms with Gasteiger partial charge in [0.05, 0.1) is 12.6 Å². The summed E-state index contributed by atoms with van der Waals surface area (Å²) in [5.41, 5.74) is 0. The van der Waals surface area contributed by atoms with Crippen molar-refractivity contribution in [3.63, 3.8) is 0 Å². The summed E-state index contributed by atoms with van der Waals surface area (Å²) in [7, 11) is 1.62. The first-order valence-corrected chi connectivity index (χ1v) is 4.62. The predicted octanol–water partition coefficient (Wildman–Crippen LogP) is 0.982. The monoisotopic (exact) mass is 201 g/mol. The van der Waals surface area contributed by atoms with Gasteiger partial charge in [-0.1, -0.05) is 6.08 Å². The van der Waals surface area contributed by atoms with Crippen LogP contribution < -0.4 is 0 Å². The van der Waals surface area contributed by atoms with E-state index in [1.807, 2.05) is 18.7 Å². The van der Waals surface area contributed by atoms with E-state index < -0.39 is 5.97 Å². The van der Waals surface area contributed by atoms with Crippen molar-refractivity contribution in [3.8, 4) is 0 Å². The van der Waals surface area contributed by atoms with E-state index in [9.17, 15) is 4.79 Å². The normalized spacial score (nSPS) is 15.1. The summed E-state index contributed by atoms with van der Waals surface area (Å²) in [5, 5.41) is 8.70. The number of methoxy groups -OCH3 is 1. The maximum absolute atomic E-state index is 10.6. The summed E-state index contributed by atoms with van der Waals surface area (Å²) >= 11 is 0.